The average molecular weight is 592 g/mol. The zero-order valence-electron chi connectivity index (χ0n) is 26.0. The Morgan fingerprint density at radius 1 is 1.14 bits per heavy atom. The average Bonchev–Trinajstić information content (AvgIpc) is 3.52. The molecule has 232 valence electrons. The van der Waals surface area contributed by atoms with Gasteiger partial charge < -0.3 is 24.3 Å². The summed E-state index contributed by atoms with van der Waals surface area (Å²) in [5, 5.41) is 7.51. The van der Waals surface area contributed by atoms with Crippen molar-refractivity contribution in [3.63, 3.8) is 0 Å². The standard InChI is InChI=1S/C25H32FN5O2.C5H11N.C3H3N/c1-4-23(32)30-12-14-31(15-13-30)24-21-11-6-18(16-22(21)27-25(28-24)33-5-2)17-29(3)20-9-7-19(26)8-10-20;1-6-4-2-3-5-6;1-2-3-4/h4,7-10,18H,1,5-6,11-17H2,2-3H3;2-5H2,1H3;2H,1H2/t18-;;/m1../s1. The Kier molecular flexibility index (Phi) is 13.4. The summed E-state index contributed by atoms with van der Waals surface area (Å²) >= 11 is 0. The SMILES string of the molecule is C=CC#N.C=CC(=O)N1CCN(c2nc(OCC)nc3c2CC[C@@H](CN(C)c2ccc(F)cc2)C3)CC1.CN1CCCC1. The lowest BCUT2D eigenvalue weighted by molar-refractivity contribution is -0.126. The molecule has 0 radical (unpaired) electrons. The van der Waals surface area contributed by atoms with Crippen molar-refractivity contribution in [2.75, 3.05) is 76.3 Å². The first-order valence-electron chi connectivity index (χ1n) is 15.1. The van der Waals surface area contributed by atoms with Gasteiger partial charge in [0, 0.05) is 57.1 Å². The second kappa shape index (κ2) is 17.2. The van der Waals surface area contributed by atoms with E-state index in [-0.39, 0.29) is 11.7 Å². The van der Waals surface area contributed by atoms with Crippen molar-refractivity contribution >= 4 is 17.4 Å². The minimum Gasteiger partial charge on any atom is -0.464 e. The molecule has 2 fully saturated rings. The van der Waals surface area contributed by atoms with Gasteiger partial charge in [0.1, 0.15) is 11.6 Å². The van der Waals surface area contributed by atoms with Crippen LogP contribution in [0.5, 0.6) is 6.01 Å². The molecule has 2 saturated heterocycles. The molecule has 10 heteroatoms. The number of nitriles is 1. The number of nitrogens with zero attached hydrogens (tertiary/aromatic N) is 7. The molecule has 3 aliphatic rings. The van der Waals surface area contributed by atoms with Gasteiger partial charge in [-0.2, -0.15) is 15.2 Å². The van der Waals surface area contributed by atoms with Crippen molar-refractivity contribution in [2.45, 2.75) is 39.0 Å². The second-order valence-corrected chi connectivity index (χ2v) is 11.0. The second-order valence-electron chi connectivity index (χ2n) is 11.0. The van der Waals surface area contributed by atoms with Crippen LogP contribution in [0.15, 0.2) is 49.6 Å². The predicted molar refractivity (Wildman–Crippen MR) is 170 cm³/mol. The number of amides is 1. The van der Waals surface area contributed by atoms with Crippen LogP contribution in [0.2, 0.25) is 0 Å². The van der Waals surface area contributed by atoms with Crippen molar-refractivity contribution in [3.8, 4) is 12.1 Å². The number of aromatic nitrogens is 2. The van der Waals surface area contributed by atoms with Crippen LogP contribution in [0, 0.1) is 23.1 Å². The van der Waals surface area contributed by atoms with E-state index in [0.29, 0.717) is 31.6 Å². The number of piperazine rings is 1. The molecule has 1 aromatic heterocycles. The monoisotopic (exact) mass is 591 g/mol. The zero-order chi connectivity index (χ0) is 31.2. The van der Waals surface area contributed by atoms with Crippen molar-refractivity contribution in [1.82, 2.24) is 19.8 Å². The molecular formula is C33H46FN7O2. The fourth-order valence-electron chi connectivity index (χ4n) is 5.59. The molecular weight excluding hydrogens is 545 g/mol. The summed E-state index contributed by atoms with van der Waals surface area (Å²) < 4.78 is 19.0. The van der Waals surface area contributed by atoms with Gasteiger partial charge in [-0.3, -0.25) is 4.79 Å². The third-order valence-corrected chi connectivity index (χ3v) is 7.89. The topological polar surface area (TPSA) is 88.8 Å². The van der Waals surface area contributed by atoms with Crippen LogP contribution >= 0.6 is 0 Å². The highest BCUT2D eigenvalue weighted by Gasteiger charge is 2.29. The minimum absolute atomic E-state index is 0.0255. The molecule has 1 aliphatic carbocycles. The van der Waals surface area contributed by atoms with E-state index in [1.165, 1.54) is 55.8 Å². The first kappa shape index (κ1) is 33.5. The van der Waals surface area contributed by atoms with Crippen molar-refractivity contribution in [2.24, 2.45) is 5.92 Å². The first-order chi connectivity index (χ1) is 20.8. The summed E-state index contributed by atoms with van der Waals surface area (Å²) in [5.74, 6) is 1.13. The number of halogens is 1. The van der Waals surface area contributed by atoms with Crippen LogP contribution in [0.3, 0.4) is 0 Å². The summed E-state index contributed by atoms with van der Waals surface area (Å²) in [4.78, 5) is 30.1. The van der Waals surface area contributed by atoms with E-state index in [9.17, 15) is 9.18 Å². The van der Waals surface area contributed by atoms with Gasteiger partial charge in [-0.1, -0.05) is 13.2 Å². The number of likely N-dealkylation sites (tertiary alicyclic amines) is 1. The van der Waals surface area contributed by atoms with Crippen LogP contribution in [0.1, 0.15) is 37.4 Å². The highest BCUT2D eigenvalue weighted by Crippen LogP contribution is 2.33. The third kappa shape index (κ3) is 10.1. The van der Waals surface area contributed by atoms with Crippen LogP contribution in [0.25, 0.3) is 0 Å². The van der Waals surface area contributed by atoms with E-state index in [2.05, 4.69) is 34.9 Å². The van der Waals surface area contributed by atoms with Gasteiger partial charge in [-0.15, -0.1) is 0 Å². The Balaban J connectivity index is 0.000000432. The quantitative estimate of drug-likeness (QED) is 0.344. The Morgan fingerprint density at radius 2 is 1.79 bits per heavy atom. The maximum atomic E-state index is 13.3. The van der Waals surface area contributed by atoms with Gasteiger partial charge in [0.15, 0.2) is 0 Å². The maximum Gasteiger partial charge on any atom is 0.318 e. The van der Waals surface area contributed by atoms with Crippen LogP contribution < -0.4 is 14.5 Å². The van der Waals surface area contributed by atoms with E-state index in [1.54, 1.807) is 6.07 Å². The number of allylic oxidation sites excluding steroid dienone is 1. The Hall–Kier alpha value is -3.97. The molecule has 9 nitrogen and oxygen atoms in total. The summed E-state index contributed by atoms with van der Waals surface area (Å²) in [6, 6.07) is 8.74. The lowest BCUT2D eigenvalue weighted by Crippen LogP contribution is -2.49. The van der Waals surface area contributed by atoms with Gasteiger partial charge in [-0.05, 0) is 95.4 Å². The summed E-state index contributed by atoms with van der Waals surface area (Å²) in [7, 11) is 4.22. The lowest BCUT2D eigenvalue weighted by atomic mass is 9.86. The number of anilines is 2. The summed E-state index contributed by atoms with van der Waals surface area (Å²) in [6.45, 7) is 15.4. The number of carbonyl (C=O) groups excluding carboxylic acids is 1. The smallest absolute Gasteiger partial charge is 0.318 e. The van der Waals surface area contributed by atoms with Gasteiger partial charge in [-0.25, -0.2) is 4.39 Å². The fraction of sp³-hybridized carbons (Fsp3) is 0.515. The normalized spacial score (nSPS) is 17.7. The zero-order valence-corrected chi connectivity index (χ0v) is 26.0. The molecule has 2 aromatic rings. The van der Waals surface area contributed by atoms with Gasteiger partial charge in [0.2, 0.25) is 5.91 Å². The van der Waals surface area contributed by atoms with Gasteiger partial charge in [0.25, 0.3) is 0 Å². The Morgan fingerprint density at radius 3 is 2.33 bits per heavy atom. The molecule has 43 heavy (non-hydrogen) atoms. The van der Waals surface area contributed by atoms with Crippen molar-refractivity contribution in [1.29, 1.82) is 5.26 Å². The number of benzene rings is 1. The number of hydrogen-bond donors (Lipinski definition) is 0. The number of rotatable bonds is 7. The van der Waals surface area contributed by atoms with E-state index in [1.807, 2.05) is 31.0 Å². The van der Waals surface area contributed by atoms with Crippen LogP contribution in [0.4, 0.5) is 15.9 Å². The third-order valence-electron chi connectivity index (χ3n) is 7.89. The number of carbonyl (C=O) groups is 1. The number of hydrogen-bond acceptors (Lipinski definition) is 8. The van der Waals surface area contributed by atoms with E-state index >= 15 is 0 Å². The fourth-order valence-corrected chi connectivity index (χ4v) is 5.59. The van der Waals surface area contributed by atoms with Gasteiger partial charge >= 0.3 is 6.01 Å². The molecule has 1 amide bonds. The van der Waals surface area contributed by atoms with E-state index in [0.717, 1.165) is 56.1 Å². The summed E-state index contributed by atoms with van der Waals surface area (Å²) in [6.07, 6.45) is 8.18. The maximum absolute atomic E-state index is 13.3. The van der Waals surface area contributed by atoms with Crippen molar-refractivity contribution < 1.29 is 13.9 Å². The Labute approximate surface area is 256 Å². The number of ether oxygens (including phenoxy) is 1. The predicted octanol–water partition coefficient (Wildman–Crippen LogP) is 4.50. The first-order valence-corrected chi connectivity index (χ1v) is 15.1. The molecule has 0 N–H and O–H groups in total. The van der Waals surface area contributed by atoms with E-state index < -0.39 is 0 Å². The molecule has 0 unspecified atom stereocenters. The lowest BCUT2D eigenvalue weighted by Gasteiger charge is -2.37. The molecule has 0 saturated carbocycles. The molecule has 2 aliphatic heterocycles. The van der Waals surface area contributed by atoms with Crippen molar-refractivity contribution in [3.05, 3.63) is 66.6 Å². The molecule has 1 aromatic carbocycles. The van der Waals surface area contributed by atoms with Crippen LogP contribution in [-0.2, 0) is 17.6 Å². The van der Waals surface area contributed by atoms with Gasteiger partial charge in [0.05, 0.1) is 18.4 Å². The molecule has 1 atom stereocenters. The van der Waals surface area contributed by atoms with Crippen LogP contribution in [-0.4, -0.2) is 92.2 Å². The van der Waals surface area contributed by atoms with E-state index in [4.69, 9.17) is 20.0 Å². The molecule has 0 spiro atoms. The summed E-state index contributed by atoms with van der Waals surface area (Å²) in [5.41, 5.74) is 3.26. The molecule has 3 heterocycles. The largest absolute Gasteiger partial charge is 0.464 e. The molecule has 5 rings (SSSR count). The highest BCUT2D eigenvalue weighted by atomic mass is 19.1. The molecule has 0 bridgehead atoms. The minimum atomic E-state index is -0.221. The number of fused-ring (bicyclic) bond motifs is 1. The Bertz CT molecular complexity index is 1230. The highest BCUT2D eigenvalue weighted by molar-refractivity contribution is 5.87.